The first-order chi connectivity index (χ1) is 24.8. The zero-order valence-electron chi connectivity index (χ0n) is 27.1. The summed E-state index contributed by atoms with van der Waals surface area (Å²) in [6.07, 6.45) is 0. The maximum atomic E-state index is 5.38. The fourth-order valence-corrected chi connectivity index (χ4v) is 8.48. The number of hydrogen-bond donors (Lipinski definition) is 1. The number of hydrogen-bond acceptors (Lipinski definition) is 2. The van der Waals surface area contributed by atoms with Crippen LogP contribution in [0.4, 0.5) is 5.69 Å². The van der Waals surface area contributed by atoms with E-state index in [-0.39, 0.29) is 6.04 Å². The van der Waals surface area contributed by atoms with Gasteiger partial charge in [-0.3, -0.25) is 4.57 Å². The minimum atomic E-state index is -0.0479. The van der Waals surface area contributed by atoms with Crippen molar-refractivity contribution in [2.24, 2.45) is 4.99 Å². The molecule has 0 spiro atoms. The zero-order valence-corrected chi connectivity index (χ0v) is 27.1. The summed E-state index contributed by atoms with van der Waals surface area (Å²) in [7, 11) is 0. The summed E-state index contributed by atoms with van der Waals surface area (Å²) in [5.74, 6) is 0.820. The van der Waals surface area contributed by atoms with E-state index in [9.17, 15) is 0 Å². The Bertz CT molecular complexity index is 3000. The molecule has 8 aromatic carbocycles. The van der Waals surface area contributed by atoms with Gasteiger partial charge in [-0.2, -0.15) is 0 Å². The molecule has 4 heteroatoms. The molecule has 0 saturated carbocycles. The molecule has 1 unspecified atom stereocenters. The summed E-state index contributed by atoms with van der Waals surface area (Å²) < 4.78 is 4.87. The number of rotatable bonds is 2. The second-order valence-corrected chi connectivity index (χ2v) is 13.2. The normalized spacial score (nSPS) is 14.5. The molecular weight excluding hydrogens is 609 g/mol. The Morgan fingerprint density at radius 2 is 1.10 bits per heavy atom. The molecule has 50 heavy (non-hydrogen) atoms. The van der Waals surface area contributed by atoms with Crippen LogP contribution in [0.15, 0.2) is 175 Å². The van der Waals surface area contributed by atoms with Gasteiger partial charge < -0.3 is 9.88 Å². The third kappa shape index (κ3) is 3.73. The smallest absolute Gasteiger partial charge is 0.209 e. The van der Waals surface area contributed by atoms with E-state index in [4.69, 9.17) is 4.99 Å². The van der Waals surface area contributed by atoms with Crippen LogP contribution in [0.1, 0.15) is 17.2 Å². The lowest BCUT2D eigenvalue weighted by molar-refractivity contribution is 0.731. The molecule has 0 saturated heterocycles. The molecule has 0 radical (unpaired) electrons. The van der Waals surface area contributed by atoms with Crippen molar-refractivity contribution in [3.8, 4) is 5.69 Å². The van der Waals surface area contributed by atoms with Crippen LogP contribution < -0.4 is 5.32 Å². The molecule has 11 rings (SSSR count). The number of aliphatic imine (C=N–C) groups is 1. The summed E-state index contributed by atoms with van der Waals surface area (Å²) in [6, 6.07) is 61.1. The Kier molecular flexibility index (Phi) is 5.69. The second kappa shape index (κ2) is 10.4. The van der Waals surface area contributed by atoms with Gasteiger partial charge >= 0.3 is 0 Å². The minimum Gasteiger partial charge on any atom is -0.344 e. The molecule has 1 aliphatic heterocycles. The lowest BCUT2D eigenvalue weighted by Crippen LogP contribution is -2.36. The topological polar surface area (TPSA) is 34.2 Å². The largest absolute Gasteiger partial charge is 0.344 e. The van der Waals surface area contributed by atoms with Crippen LogP contribution in [0, 0.1) is 0 Å². The number of fused-ring (bicyclic) bond motifs is 13. The first kappa shape index (κ1) is 27.3. The van der Waals surface area contributed by atoms with Crippen LogP contribution >= 0.6 is 0 Å². The number of nitrogens with zero attached hydrogens (tertiary/aromatic N) is 3. The summed E-state index contributed by atoms with van der Waals surface area (Å²) in [4.78, 5) is 5.38. The van der Waals surface area contributed by atoms with Crippen LogP contribution in [0.2, 0.25) is 0 Å². The summed E-state index contributed by atoms with van der Waals surface area (Å²) in [5, 5.41) is 13.8. The van der Waals surface area contributed by atoms with Crippen LogP contribution in [0.25, 0.3) is 70.8 Å². The molecule has 0 amide bonds. The van der Waals surface area contributed by atoms with Gasteiger partial charge in [0.05, 0.1) is 33.8 Å². The van der Waals surface area contributed by atoms with Crippen molar-refractivity contribution < 1.29 is 0 Å². The quantitative estimate of drug-likeness (QED) is 0.201. The Balaban J connectivity index is 1.36. The molecule has 1 atom stereocenters. The van der Waals surface area contributed by atoms with Gasteiger partial charge in [0.1, 0.15) is 0 Å². The number of para-hydroxylation sites is 3. The van der Waals surface area contributed by atoms with Crippen LogP contribution in [-0.4, -0.2) is 15.1 Å². The Labute approximate surface area is 288 Å². The highest BCUT2D eigenvalue weighted by molar-refractivity contribution is 6.40. The van der Waals surface area contributed by atoms with Gasteiger partial charge in [0.25, 0.3) is 0 Å². The molecule has 0 bridgehead atoms. The average Bonchev–Trinajstić information content (AvgIpc) is 3.72. The molecule has 234 valence electrons. The maximum absolute atomic E-state index is 5.38. The fourth-order valence-electron chi connectivity index (χ4n) is 8.48. The van der Waals surface area contributed by atoms with E-state index in [2.05, 4.69) is 184 Å². The van der Waals surface area contributed by atoms with E-state index < -0.39 is 0 Å². The van der Waals surface area contributed by atoms with Crippen LogP contribution in [0.3, 0.4) is 0 Å². The Morgan fingerprint density at radius 3 is 1.94 bits per heavy atom. The van der Waals surface area contributed by atoms with E-state index in [1.165, 1.54) is 65.3 Å². The lowest BCUT2D eigenvalue weighted by Gasteiger charge is -2.28. The van der Waals surface area contributed by atoms with Crippen molar-refractivity contribution >= 4 is 76.8 Å². The van der Waals surface area contributed by atoms with Crippen molar-refractivity contribution in [3.63, 3.8) is 0 Å². The van der Waals surface area contributed by atoms with Gasteiger partial charge in [0, 0.05) is 38.2 Å². The van der Waals surface area contributed by atoms with Crippen molar-refractivity contribution in [2.75, 3.05) is 0 Å². The standard InChI is InChI=1S/C46H30N4/c1-3-16-30(17-4-1)43-35-23-11-13-25-37(35)47-46(48-43)50-38-26-14-12-24-36(38)42-44(50)34-22-10-9-21-33(34)41-40-32-20-8-7-15-29(32)27-28-39(40)49(45(41)42)31-18-5-2-6-19-31/h1-28,43H,(H,47,48). The van der Waals surface area contributed by atoms with Gasteiger partial charge in [-0.1, -0.05) is 140 Å². The molecular formula is C46H30N4. The number of aromatic nitrogens is 2. The molecule has 2 aromatic heterocycles. The molecule has 4 nitrogen and oxygen atoms in total. The Hall–Kier alpha value is -6.65. The van der Waals surface area contributed by atoms with Crippen molar-refractivity contribution in [2.45, 2.75) is 6.04 Å². The molecule has 0 aliphatic carbocycles. The molecule has 10 aromatic rings. The minimum absolute atomic E-state index is 0.0479. The average molecular weight is 639 g/mol. The third-order valence-electron chi connectivity index (χ3n) is 10.5. The highest BCUT2D eigenvalue weighted by Gasteiger charge is 2.29. The maximum Gasteiger partial charge on any atom is 0.209 e. The van der Waals surface area contributed by atoms with Gasteiger partial charge in [0.15, 0.2) is 0 Å². The highest BCUT2D eigenvalue weighted by Crippen LogP contribution is 2.48. The van der Waals surface area contributed by atoms with E-state index in [0.29, 0.717) is 0 Å². The Morgan fingerprint density at radius 1 is 0.440 bits per heavy atom. The summed E-state index contributed by atoms with van der Waals surface area (Å²) >= 11 is 0. The zero-order chi connectivity index (χ0) is 32.8. The predicted molar refractivity (Wildman–Crippen MR) is 209 cm³/mol. The van der Waals surface area contributed by atoms with E-state index in [1.54, 1.807) is 0 Å². The lowest BCUT2D eigenvalue weighted by atomic mass is 9.96. The van der Waals surface area contributed by atoms with Gasteiger partial charge in [0.2, 0.25) is 5.96 Å². The van der Waals surface area contributed by atoms with Crippen LogP contribution in [0.5, 0.6) is 0 Å². The van der Waals surface area contributed by atoms with Gasteiger partial charge in [-0.15, -0.1) is 0 Å². The van der Waals surface area contributed by atoms with Gasteiger partial charge in [-0.25, -0.2) is 4.99 Å². The first-order valence-corrected chi connectivity index (χ1v) is 17.2. The van der Waals surface area contributed by atoms with E-state index in [0.717, 1.165) is 28.4 Å². The second-order valence-electron chi connectivity index (χ2n) is 13.2. The highest BCUT2D eigenvalue weighted by atomic mass is 15.2. The predicted octanol–water partition coefficient (Wildman–Crippen LogP) is 11.4. The van der Waals surface area contributed by atoms with Crippen molar-refractivity contribution in [1.82, 2.24) is 14.5 Å². The molecule has 1 N–H and O–H groups in total. The third-order valence-corrected chi connectivity index (χ3v) is 10.5. The monoisotopic (exact) mass is 638 g/mol. The van der Waals surface area contributed by atoms with E-state index in [1.807, 2.05) is 0 Å². The fraction of sp³-hybridized carbons (Fsp3) is 0.0217. The van der Waals surface area contributed by atoms with Crippen molar-refractivity contribution in [3.05, 3.63) is 181 Å². The van der Waals surface area contributed by atoms with Crippen LogP contribution in [-0.2, 0) is 0 Å². The number of benzene rings is 8. The van der Waals surface area contributed by atoms with Crippen molar-refractivity contribution in [1.29, 1.82) is 0 Å². The van der Waals surface area contributed by atoms with Gasteiger partial charge in [-0.05, 0) is 52.1 Å². The first-order valence-electron chi connectivity index (χ1n) is 17.2. The molecule has 1 aliphatic rings. The molecule has 3 heterocycles. The summed E-state index contributed by atoms with van der Waals surface area (Å²) in [5.41, 5.74) is 9.18. The SMILES string of the molecule is c1ccc(C2NC(n3c4ccccc4c4c3c3ccccc3c3c5c6ccccc6ccc5n(-c5ccccc5)c34)=Nc3ccccc32)cc1. The van der Waals surface area contributed by atoms with E-state index >= 15 is 0 Å². The molecule has 0 fully saturated rings. The summed E-state index contributed by atoms with van der Waals surface area (Å²) in [6.45, 7) is 0. The number of nitrogens with one attached hydrogen (secondary N) is 1.